The topological polar surface area (TPSA) is 41.1 Å². The first-order chi connectivity index (χ1) is 9.48. The molecule has 20 heavy (non-hydrogen) atoms. The molecule has 3 rings (SSSR count). The first-order valence-corrected chi connectivity index (χ1v) is 6.45. The molecule has 1 aliphatic heterocycles. The number of amides is 1. The van der Waals surface area contributed by atoms with Crippen LogP contribution in [0.25, 0.3) is 16.8 Å². The van der Waals surface area contributed by atoms with Crippen LogP contribution in [0.2, 0.25) is 0 Å². The third-order valence-corrected chi connectivity index (χ3v) is 3.73. The Morgan fingerprint density at radius 3 is 2.65 bits per heavy atom. The molecule has 0 aromatic heterocycles. The highest BCUT2D eigenvalue weighted by Crippen LogP contribution is 2.31. The quantitative estimate of drug-likeness (QED) is 0.836. The average Bonchev–Trinajstić information content (AvgIpc) is 2.65. The van der Waals surface area contributed by atoms with Gasteiger partial charge in [-0.15, -0.1) is 0 Å². The van der Waals surface area contributed by atoms with Crippen molar-refractivity contribution in [1.29, 1.82) is 0 Å². The zero-order valence-corrected chi connectivity index (χ0v) is 11.3. The van der Waals surface area contributed by atoms with Crippen LogP contribution in [0.3, 0.4) is 0 Å². The zero-order chi connectivity index (χ0) is 14.3. The van der Waals surface area contributed by atoms with Crippen molar-refractivity contribution >= 4 is 22.8 Å². The number of carbonyl (C=O) groups excluding carboxylic acids is 1. The number of rotatable bonds is 1. The van der Waals surface area contributed by atoms with Crippen LogP contribution in [0.15, 0.2) is 42.1 Å². The smallest absolute Gasteiger partial charge is 0.249 e. The van der Waals surface area contributed by atoms with E-state index in [0.717, 1.165) is 22.0 Å². The molecule has 3 nitrogen and oxygen atoms in total. The van der Waals surface area contributed by atoms with Crippen molar-refractivity contribution < 1.29 is 9.18 Å². The van der Waals surface area contributed by atoms with E-state index in [2.05, 4.69) is 10.9 Å². The van der Waals surface area contributed by atoms with Gasteiger partial charge in [0.2, 0.25) is 5.91 Å². The van der Waals surface area contributed by atoms with Crippen LogP contribution in [-0.4, -0.2) is 5.91 Å². The van der Waals surface area contributed by atoms with Crippen molar-refractivity contribution in [2.45, 2.75) is 13.8 Å². The summed E-state index contributed by atoms with van der Waals surface area (Å²) in [6.07, 6.45) is 1.93. The number of halogens is 1. The number of fused-ring (bicyclic) bond motifs is 1. The highest BCUT2D eigenvalue weighted by molar-refractivity contribution is 5.94. The number of hydrogen-bond donors (Lipinski definition) is 2. The predicted molar refractivity (Wildman–Crippen MR) is 76.9 cm³/mol. The van der Waals surface area contributed by atoms with Gasteiger partial charge in [0.15, 0.2) is 0 Å². The molecule has 2 N–H and O–H groups in total. The molecule has 1 aliphatic rings. The van der Waals surface area contributed by atoms with E-state index in [1.807, 2.05) is 38.1 Å². The van der Waals surface area contributed by atoms with Gasteiger partial charge >= 0.3 is 0 Å². The summed E-state index contributed by atoms with van der Waals surface area (Å²) < 4.78 is 13.3. The van der Waals surface area contributed by atoms with Crippen LogP contribution in [0, 0.1) is 11.2 Å². The summed E-state index contributed by atoms with van der Waals surface area (Å²) in [7, 11) is 0. The van der Waals surface area contributed by atoms with Crippen molar-refractivity contribution in [2.75, 3.05) is 0 Å². The molecule has 1 heterocycles. The Morgan fingerprint density at radius 1 is 1.15 bits per heavy atom. The van der Waals surface area contributed by atoms with Crippen LogP contribution >= 0.6 is 0 Å². The van der Waals surface area contributed by atoms with Gasteiger partial charge < -0.3 is 5.43 Å². The molecule has 1 saturated heterocycles. The molecule has 1 amide bonds. The fourth-order valence-electron chi connectivity index (χ4n) is 2.34. The highest BCUT2D eigenvalue weighted by atomic mass is 19.1. The van der Waals surface area contributed by atoms with Crippen molar-refractivity contribution in [1.82, 2.24) is 10.9 Å². The Kier molecular flexibility index (Phi) is 2.74. The molecule has 2 aromatic rings. The third kappa shape index (κ3) is 1.93. The Bertz CT molecular complexity index is 734. The fourth-order valence-corrected chi connectivity index (χ4v) is 2.34. The van der Waals surface area contributed by atoms with Gasteiger partial charge in [-0.1, -0.05) is 24.3 Å². The molecular weight excluding hydrogens is 255 g/mol. The maximum atomic E-state index is 13.3. The summed E-state index contributed by atoms with van der Waals surface area (Å²) >= 11 is 0. The van der Waals surface area contributed by atoms with Crippen molar-refractivity contribution in [3.63, 3.8) is 0 Å². The van der Waals surface area contributed by atoms with Gasteiger partial charge in [-0.3, -0.25) is 10.2 Å². The van der Waals surface area contributed by atoms with Gasteiger partial charge in [0.25, 0.3) is 0 Å². The molecular formula is C16H15FN2O. The predicted octanol–water partition coefficient (Wildman–Crippen LogP) is 2.98. The number of hydrazine groups is 1. The molecule has 102 valence electrons. The Morgan fingerprint density at radius 2 is 1.95 bits per heavy atom. The Labute approximate surface area is 116 Å². The van der Waals surface area contributed by atoms with Gasteiger partial charge in [-0.05, 0) is 48.4 Å². The first kappa shape index (κ1) is 12.7. The normalized spacial score (nSPS) is 19.1. The van der Waals surface area contributed by atoms with Crippen LogP contribution in [0.4, 0.5) is 4.39 Å². The van der Waals surface area contributed by atoms with E-state index in [-0.39, 0.29) is 11.7 Å². The largest absolute Gasteiger partial charge is 0.302 e. The van der Waals surface area contributed by atoms with Crippen LogP contribution in [0.5, 0.6) is 0 Å². The SMILES string of the molecule is CC1(C)C(=O)NN/C1=C\c1cccc2cc(F)ccc12. The molecule has 4 heteroatoms. The Balaban J connectivity index is 2.14. The molecule has 0 atom stereocenters. The van der Waals surface area contributed by atoms with Gasteiger partial charge in [-0.25, -0.2) is 4.39 Å². The molecule has 1 fully saturated rings. The second-order valence-electron chi connectivity index (χ2n) is 5.47. The maximum absolute atomic E-state index is 13.3. The van der Waals surface area contributed by atoms with Crippen LogP contribution in [0.1, 0.15) is 19.4 Å². The van der Waals surface area contributed by atoms with E-state index in [9.17, 15) is 9.18 Å². The summed E-state index contributed by atoms with van der Waals surface area (Å²) in [6.45, 7) is 3.72. The van der Waals surface area contributed by atoms with E-state index < -0.39 is 5.41 Å². The lowest BCUT2D eigenvalue weighted by Crippen LogP contribution is -2.28. The summed E-state index contributed by atoms with van der Waals surface area (Å²) in [5.41, 5.74) is 6.69. The highest BCUT2D eigenvalue weighted by Gasteiger charge is 2.37. The monoisotopic (exact) mass is 270 g/mol. The van der Waals surface area contributed by atoms with E-state index >= 15 is 0 Å². The molecule has 0 aliphatic carbocycles. The number of nitrogens with one attached hydrogen (secondary N) is 2. The second kappa shape index (κ2) is 4.34. The maximum Gasteiger partial charge on any atom is 0.249 e. The minimum atomic E-state index is -0.595. The summed E-state index contributed by atoms with van der Waals surface area (Å²) in [4.78, 5) is 11.7. The van der Waals surface area contributed by atoms with E-state index in [4.69, 9.17) is 0 Å². The molecule has 0 unspecified atom stereocenters. The average molecular weight is 270 g/mol. The van der Waals surface area contributed by atoms with Crippen molar-refractivity contribution in [3.05, 3.63) is 53.5 Å². The minimum Gasteiger partial charge on any atom is -0.302 e. The zero-order valence-electron chi connectivity index (χ0n) is 11.3. The lowest BCUT2D eigenvalue weighted by Gasteiger charge is -2.14. The molecule has 0 saturated carbocycles. The van der Waals surface area contributed by atoms with Crippen LogP contribution < -0.4 is 10.9 Å². The second-order valence-corrected chi connectivity index (χ2v) is 5.47. The Hall–Kier alpha value is -2.36. The van der Waals surface area contributed by atoms with E-state index in [1.54, 1.807) is 6.07 Å². The lowest BCUT2D eigenvalue weighted by atomic mass is 9.88. The standard InChI is InChI=1S/C16H15FN2O/c1-16(2)14(18-19-15(16)20)9-11-5-3-4-10-8-12(17)6-7-13(10)11/h3-9,18H,1-2H3,(H,19,20)/b14-9-. The summed E-state index contributed by atoms with van der Waals surface area (Å²) in [5, 5.41) is 1.80. The van der Waals surface area contributed by atoms with Gasteiger partial charge in [-0.2, -0.15) is 0 Å². The van der Waals surface area contributed by atoms with Gasteiger partial charge in [0.1, 0.15) is 5.82 Å². The first-order valence-electron chi connectivity index (χ1n) is 6.45. The minimum absolute atomic E-state index is 0.0602. The van der Waals surface area contributed by atoms with Crippen LogP contribution in [-0.2, 0) is 4.79 Å². The molecule has 0 spiro atoms. The molecule has 0 radical (unpaired) electrons. The summed E-state index contributed by atoms with van der Waals surface area (Å²) in [6, 6.07) is 10.4. The van der Waals surface area contributed by atoms with E-state index in [0.29, 0.717) is 0 Å². The number of hydrogen-bond acceptors (Lipinski definition) is 2. The molecule has 0 bridgehead atoms. The lowest BCUT2D eigenvalue weighted by molar-refractivity contribution is -0.125. The van der Waals surface area contributed by atoms with E-state index in [1.165, 1.54) is 12.1 Å². The number of benzene rings is 2. The fraction of sp³-hybridized carbons (Fsp3) is 0.188. The van der Waals surface area contributed by atoms with Gasteiger partial charge in [0, 0.05) is 5.70 Å². The van der Waals surface area contributed by atoms with Crippen molar-refractivity contribution in [2.24, 2.45) is 5.41 Å². The summed E-state index contributed by atoms with van der Waals surface area (Å²) in [5.74, 6) is -0.312. The number of carbonyl (C=O) groups is 1. The van der Waals surface area contributed by atoms with Gasteiger partial charge in [0.05, 0.1) is 5.41 Å². The third-order valence-electron chi connectivity index (χ3n) is 3.73. The molecule has 2 aromatic carbocycles. The van der Waals surface area contributed by atoms with Crippen molar-refractivity contribution in [3.8, 4) is 0 Å².